The average Bonchev–Trinajstić information content (AvgIpc) is 3.80. The third-order valence-electron chi connectivity index (χ3n) is 6.46. The van der Waals surface area contributed by atoms with E-state index in [1.54, 1.807) is 17.5 Å². The summed E-state index contributed by atoms with van der Waals surface area (Å²) in [6.45, 7) is 0. The van der Waals surface area contributed by atoms with Crippen molar-refractivity contribution >= 4 is 68.8 Å². The summed E-state index contributed by atoms with van der Waals surface area (Å²) in [7, 11) is 0. The van der Waals surface area contributed by atoms with Crippen LogP contribution in [0.25, 0.3) is 42.6 Å². The highest BCUT2D eigenvalue weighted by atomic mass is 32.1. The molecule has 0 radical (unpaired) electrons. The van der Waals surface area contributed by atoms with Crippen molar-refractivity contribution in [3.63, 3.8) is 0 Å². The minimum atomic E-state index is 0.585. The molecule has 0 amide bonds. The summed E-state index contributed by atoms with van der Waals surface area (Å²) >= 11 is 4.14. The molecule has 192 valence electrons. The van der Waals surface area contributed by atoms with Crippen molar-refractivity contribution < 1.29 is 4.79 Å². The molecule has 4 aromatic carbocycles. The van der Waals surface area contributed by atoms with E-state index < -0.39 is 0 Å². The van der Waals surface area contributed by atoms with Gasteiger partial charge in [-0.3, -0.25) is 4.79 Å². The molecule has 40 heavy (non-hydrogen) atoms. The van der Waals surface area contributed by atoms with Crippen molar-refractivity contribution in [3.05, 3.63) is 114 Å². The minimum absolute atomic E-state index is 0.585. The molecule has 9 heteroatoms. The summed E-state index contributed by atoms with van der Waals surface area (Å²) in [5, 5.41) is 1.64. The number of nitrogens with zero attached hydrogens (tertiary/aromatic N) is 5. The van der Waals surface area contributed by atoms with Crippen LogP contribution >= 0.6 is 34.4 Å². The SMILES string of the molecule is O=Cc1cnc(-c2ccc(-c3ncc(-c4ccc(N(c5ccccc5)c5ccccc5)cc4)s3)c3nsnc23)s1. The number of benzene rings is 4. The van der Waals surface area contributed by atoms with Crippen LogP contribution < -0.4 is 4.90 Å². The summed E-state index contributed by atoms with van der Waals surface area (Å²) in [5.74, 6) is 0. The van der Waals surface area contributed by atoms with E-state index in [4.69, 9.17) is 4.98 Å². The first-order chi connectivity index (χ1) is 19.8. The van der Waals surface area contributed by atoms with Crippen molar-refractivity contribution in [1.82, 2.24) is 18.7 Å². The van der Waals surface area contributed by atoms with Crippen LogP contribution in [-0.4, -0.2) is 25.0 Å². The van der Waals surface area contributed by atoms with Gasteiger partial charge in [-0.1, -0.05) is 48.5 Å². The van der Waals surface area contributed by atoms with E-state index in [1.165, 1.54) is 23.1 Å². The predicted molar refractivity (Wildman–Crippen MR) is 165 cm³/mol. The van der Waals surface area contributed by atoms with Gasteiger partial charge in [0.15, 0.2) is 6.29 Å². The standard InChI is InChI=1S/C31H19N5OS3/c37-19-24-17-32-30(38-24)25-15-16-26(29-28(25)34-40-35-29)31-33-18-27(39-31)20-11-13-23(14-12-20)36(21-7-3-1-4-8-21)22-9-5-2-6-10-22/h1-19H. The molecule has 3 aromatic heterocycles. The highest BCUT2D eigenvalue weighted by molar-refractivity contribution is 7.18. The normalized spacial score (nSPS) is 11.1. The van der Waals surface area contributed by atoms with Crippen LogP contribution in [0, 0.1) is 0 Å². The van der Waals surface area contributed by atoms with E-state index in [0.717, 1.165) is 66.0 Å². The molecule has 0 N–H and O–H groups in total. The van der Waals surface area contributed by atoms with E-state index in [0.29, 0.717) is 4.88 Å². The van der Waals surface area contributed by atoms with Crippen molar-refractivity contribution in [3.8, 4) is 31.6 Å². The Morgan fingerprint density at radius 2 is 1.15 bits per heavy atom. The summed E-state index contributed by atoms with van der Waals surface area (Å²) in [5.41, 5.74) is 7.77. The maximum absolute atomic E-state index is 11.1. The summed E-state index contributed by atoms with van der Waals surface area (Å²) in [6.07, 6.45) is 4.32. The third-order valence-corrected chi connectivity index (χ3v) is 9.02. The molecule has 0 saturated carbocycles. The van der Waals surface area contributed by atoms with Gasteiger partial charge in [-0.15, -0.1) is 22.7 Å². The first-order valence-corrected chi connectivity index (χ1v) is 14.8. The highest BCUT2D eigenvalue weighted by Gasteiger charge is 2.18. The first-order valence-electron chi connectivity index (χ1n) is 12.4. The molecular weight excluding hydrogens is 555 g/mol. The van der Waals surface area contributed by atoms with E-state index in [1.807, 2.05) is 30.5 Å². The Labute approximate surface area is 242 Å². The second kappa shape index (κ2) is 10.5. The molecule has 6 nitrogen and oxygen atoms in total. The number of thiazole rings is 2. The van der Waals surface area contributed by atoms with Crippen LogP contribution in [0.5, 0.6) is 0 Å². The number of aldehydes is 1. The number of carbonyl (C=O) groups is 1. The lowest BCUT2D eigenvalue weighted by Crippen LogP contribution is -2.09. The quantitative estimate of drug-likeness (QED) is 0.177. The van der Waals surface area contributed by atoms with Gasteiger partial charge < -0.3 is 4.90 Å². The molecule has 0 aliphatic carbocycles. The fourth-order valence-corrected chi connectivity index (χ4v) is 6.86. The minimum Gasteiger partial charge on any atom is -0.311 e. The molecule has 7 rings (SSSR count). The monoisotopic (exact) mass is 573 g/mol. The molecule has 0 bridgehead atoms. The van der Waals surface area contributed by atoms with Crippen LogP contribution in [0.4, 0.5) is 17.1 Å². The van der Waals surface area contributed by atoms with Crippen LogP contribution in [-0.2, 0) is 0 Å². The van der Waals surface area contributed by atoms with Gasteiger partial charge in [0, 0.05) is 40.6 Å². The smallest absolute Gasteiger partial charge is 0.161 e. The molecule has 0 spiro atoms. The number of carbonyl (C=O) groups excluding carboxylic acids is 1. The van der Waals surface area contributed by atoms with Gasteiger partial charge in [0.25, 0.3) is 0 Å². The molecule has 0 unspecified atom stereocenters. The topological polar surface area (TPSA) is 71.9 Å². The maximum Gasteiger partial charge on any atom is 0.161 e. The lowest BCUT2D eigenvalue weighted by molar-refractivity contribution is 0.112. The fourth-order valence-electron chi connectivity index (χ4n) is 4.59. The second-order valence-electron chi connectivity index (χ2n) is 8.89. The maximum atomic E-state index is 11.1. The number of hydrogen-bond donors (Lipinski definition) is 0. The van der Waals surface area contributed by atoms with Crippen molar-refractivity contribution in [1.29, 1.82) is 0 Å². The van der Waals surface area contributed by atoms with Crippen molar-refractivity contribution in [2.24, 2.45) is 0 Å². The van der Waals surface area contributed by atoms with Gasteiger partial charge in [-0.2, -0.15) is 8.75 Å². The van der Waals surface area contributed by atoms with Crippen LogP contribution in [0.2, 0.25) is 0 Å². The third kappa shape index (κ3) is 4.50. The van der Waals surface area contributed by atoms with E-state index in [-0.39, 0.29) is 0 Å². The summed E-state index contributed by atoms with van der Waals surface area (Å²) in [4.78, 5) is 24.2. The van der Waals surface area contributed by atoms with Crippen LogP contribution in [0.3, 0.4) is 0 Å². The van der Waals surface area contributed by atoms with Gasteiger partial charge in [0.1, 0.15) is 21.0 Å². The zero-order valence-electron chi connectivity index (χ0n) is 20.8. The average molecular weight is 574 g/mol. The van der Waals surface area contributed by atoms with Gasteiger partial charge in [0.2, 0.25) is 0 Å². The van der Waals surface area contributed by atoms with E-state index >= 15 is 0 Å². The van der Waals surface area contributed by atoms with E-state index in [9.17, 15) is 4.79 Å². The van der Waals surface area contributed by atoms with Gasteiger partial charge >= 0.3 is 0 Å². The molecule has 3 heterocycles. The number of rotatable bonds is 7. The van der Waals surface area contributed by atoms with Crippen LogP contribution in [0.1, 0.15) is 9.67 Å². The first kappa shape index (κ1) is 24.5. The predicted octanol–water partition coefficient (Wildman–Crippen LogP) is 8.89. The van der Waals surface area contributed by atoms with E-state index in [2.05, 4.69) is 91.4 Å². The number of anilines is 3. The summed E-state index contributed by atoms with van der Waals surface area (Å²) < 4.78 is 9.12. The Balaban J connectivity index is 1.21. The Hall–Kier alpha value is -4.57. The Kier molecular flexibility index (Phi) is 6.45. The van der Waals surface area contributed by atoms with Gasteiger partial charge in [0.05, 0.1) is 21.5 Å². The Bertz CT molecular complexity index is 1890. The number of fused-ring (bicyclic) bond motifs is 1. The highest BCUT2D eigenvalue weighted by Crippen LogP contribution is 2.40. The van der Waals surface area contributed by atoms with Gasteiger partial charge in [-0.05, 0) is 54.1 Å². The lowest BCUT2D eigenvalue weighted by Gasteiger charge is -2.25. The molecule has 0 fully saturated rings. The molecule has 0 aliphatic heterocycles. The molecular formula is C31H19N5OS3. The molecule has 0 aliphatic rings. The summed E-state index contributed by atoms with van der Waals surface area (Å²) in [6, 6.07) is 33.3. The zero-order chi connectivity index (χ0) is 26.9. The lowest BCUT2D eigenvalue weighted by atomic mass is 10.1. The second-order valence-corrected chi connectivity index (χ2v) is 11.5. The Morgan fingerprint density at radius 1 is 0.600 bits per heavy atom. The van der Waals surface area contributed by atoms with Gasteiger partial charge in [-0.25, -0.2) is 9.97 Å². The number of aromatic nitrogens is 4. The van der Waals surface area contributed by atoms with Crippen molar-refractivity contribution in [2.75, 3.05) is 4.90 Å². The van der Waals surface area contributed by atoms with Crippen LogP contribution in [0.15, 0.2) is 109 Å². The fraction of sp³-hybridized carbons (Fsp3) is 0. The van der Waals surface area contributed by atoms with Crippen molar-refractivity contribution in [2.45, 2.75) is 0 Å². The molecule has 0 atom stereocenters. The largest absolute Gasteiger partial charge is 0.311 e. The zero-order valence-corrected chi connectivity index (χ0v) is 23.3. The number of para-hydroxylation sites is 2. The molecule has 0 saturated heterocycles. The Morgan fingerprint density at radius 3 is 1.73 bits per heavy atom. The number of hydrogen-bond acceptors (Lipinski definition) is 9. The molecule has 7 aromatic rings.